The number of nitrogens with one attached hydrogen (secondary N) is 1. The van der Waals surface area contributed by atoms with Crippen molar-refractivity contribution in [1.29, 1.82) is 0 Å². The van der Waals surface area contributed by atoms with Gasteiger partial charge in [-0.25, -0.2) is 4.98 Å². The van der Waals surface area contributed by atoms with Crippen molar-refractivity contribution in [1.82, 2.24) is 10.3 Å². The highest BCUT2D eigenvalue weighted by Crippen LogP contribution is 2.47. The topological polar surface area (TPSA) is 24.9 Å². The first-order valence-corrected chi connectivity index (χ1v) is 5.71. The van der Waals surface area contributed by atoms with Crippen molar-refractivity contribution in [3.63, 3.8) is 0 Å². The number of benzene rings is 1. The van der Waals surface area contributed by atoms with Gasteiger partial charge in [-0.3, -0.25) is 0 Å². The second-order valence-electron chi connectivity index (χ2n) is 3.82. The molecule has 0 saturated heterocycles. The number of fused-ring (bicyclic) bond motifs is 1. The monoisotopic (exact) mass is 204 g/mol. The van der Waals surface area contributed by atoms with E-state index in [1.165, 1.54) is 22.5 Å². The highest BCUT2D eigenvalue weighted by molar-refractivity contribution is 7.18. The van der Waals surface area contributed by atoms with Gasteiger partial charge >= 0.3 is 0 Å². The van der Waals surface area contributed by atoms with Crippen molar-refractivity contribution in [2.24, 2.45) is 0 Å². The number of aromatic nitrogens is 1. The Labute approximate surface area is 87.0 Å². The van der Waals surface area contributed by atoms with E-state index < -0.39 is 0 Å². The number of nitrogens with zero attached hydrogens (tertiary/aromatic N) is 1. The van der Waals surface area contributed by atoms with E-state index >= 15 is 0 Å². The van der Waals surface area contributed by atoms with Gasteiger partial charge in [0.25, 0.3) is 0 Å². The molecule has 0 unspecified atom stereocenters. The zero-order valence-electron chi connectivity index (χ0n) is 8.08. The average molecular weight is 204 g/mol. The van der Waals surface area contributed by atoms with E-state index in [0.29, 0.717) is 0 Å². The number of thiazole rings is 1. The molecule has 0 aliphatic heterocycles. The van der Waals surface area contributed by atoms with E-state index in [1.807, 2.05) is 24.5 Å². The summed E-state index contributed by atoms with van der Waals surface area (Å²) in [5.74, 6) is 0. The van der Waals surface area contributed by atoms with Gasteiger partial charge in [-0.2, -0.15) is 0 Å². The minimum absolute atomic E-state index is 0.212. The van der Waals surface area contributed by atoms with Crippen molar-refractivity contribution in [2.75, 3.05) is 7.05 Å². The summed E-state index contributed by atoms with van der Waals surface area (Å²) in [6.45, 7) is 0. The lowest BCUT2D eigenvalue weighted by atomic mass is 10.3. The van der Waals surface area contributed by atoms with Crippen LogP contribution in [0.4, 0.5) is 0 Å². The normalized spacial score (nSPS) is 18.6. The van der Waals surface area contributed by atoms with E-state index in [1.54, 1.807) is 0 Å². The predicted octanol–water partition coefficient (Wildman–Crippen LogP) is 2.50. The van der Waals surface area contributed by atoms with E-state index in [0.717, 1.165) is 5.52 Å². The number of rotatable bonds is 2. The lowest BCUT2D eigenvalue weighted by Gasteiger charge is -2.08. The van der Waals surface area contributed by atoms with E-state index in [2.05, 4.69) is 28.5 Å². The molecule has 1 aromatic heterocycles. The van der Waals surface area contributed by atoms with Crippen molar-refractivity contribution in [3.05, 3.63) is 29.3 Å². The molecule has 1 aliphatic carbocycles. The smallest absolute Gasteiger partial charge is 0.114 e. The third-order valence-corrected chi connectivity index (χ3v) is 4.17. The molecule has 1 saturated carbocycles. The summed E-state index contributed by atoms with van der Waals surface area (Å²) in [6.07, 6.45) is 2.45. The van der Waals surface area contributed by atoms with Crippen LogP contribution < -0.4 is 5.32 Å². The third-order valence-electron chi connectivity index (χ3n) is 2.93. The molecule has 3 heteroatoms. The molecule has 1 N–H and O–H groups in total. The Balaban J connectivity index is 2.15. The van der Waals surface area contributed by atoms with E-state index in [4.69, 9.17) is 0 Å². The second-order valence-corrected chi connectivity index (χ2v) is 4.85. The van der Waals surface area contributed by atoms with E-state index in [-0.39, 0.29) is 5.54 Å². The van der Waals surface area contributed by atoms with Crippen LogP contribution in [0, 0.1) is 0 Å². The van der Waals surface area contributed by atoms with Crippen LogP contribution in [0.1, 0.15) is 17.8 Å². The Morgan fingerprint density at radius 2 is 2.14 bits per heavy atom. The summed E-state index contributed by atoms with van der Waals surface area (Å²) < 4.78 is 1.30. The molecule has 0 spiro atoms. The molecular formula is C11H12N2S. The number of hydrogen-bond donors (Lipinski definition) is 1. The average Bonchev–Trinajstić information content (AvgIpc) is 2.91. The first-order valence-electron chi connectivity index (χ1n) is 4.89. The molecule has 1 aliphatic rings. The molecule has 3 rings (SSSR count). The summed E-state index contributed by atoms with van der Waals surface area (Å²) in [5, 5.41) is 4.63. The van der Waals surface area contributed by atoms with Crippen LogP contribution >= 0.6 is 11.3 Å². The molecule has 1 heterocycles. The zero-order chi connectivity index (χ0) is 9.60. The molecule has 72 valence electrons. The fraction of sp³-hybridized carbons (Fsp3) is 0.364. The van der Waals surface area contributed by atoms with Crippen LogP contribution in [-0.4, -0.2) is 12.0 Å². The Kier molecular flexibility index (Phi) is 1.66. The predicted molar refractivity (Wildman–Crippen MR) is 59.6 cm³/mol. The fourth-order valence-corrected chi connectivity index (χ4v) is 2.99. The van der Waals surface area contributed by atoms with Crippen molar-refractivity contribution in [2.45, 2.75) is 18.4 Å². The fourth-order valence-electron chi connectivity index (χ4n) is 1.77. The highest BCUT2D eigenvalue weighted by atomic mass is 32.1. The van der Waals surface area contributed by atoms with Crippen LogP contribution in [0.2, 0.25) is 0 Å². The molecule has 14 heavy (non-hydrogen) atoms. The Morgan fingerprint density at radius 1 is 1.36 bits per heavy atom. The van der Waals surface area contributed by atoms with Gasteiger partial charge in [0.1, 0.15) is 5.01 Å². The Hall–Kier alpha value is -0.930. The first kappa shape index (κ1) is 8.38. The standard InChI is InChI=1S/C11H12N2S/c1-12-11(6-7-11)10-13-8-4-2-3-5-9(8)14-10/h2-5,12H,6-7H2,1H3. The van der Waals surface area contributed by atoms with Gasteiger partial charge in [-0.15, -0.1) is 11.3 Å². The largest absolute Gasteiger partial charge is 0.308 e. The summed E-state index contributed by atoms with van der Waals surface area (Å²) in [6, 6.07) is 8.34. The quantitative estimate of drug-likeness (QED) is 0.813. The molecule has 0 bridgehead atoms. The number of hydrogen-bond acceptors (Lipinski definition) is 3. The van der Waals surface area contributed by atoms with Gasteiger partial charge in [-0.1, -0.05) is 12.1 Å². The van der Waals surface area contributed by atoms with Crippen molar-refractivity contribution >= 4 is 21.6 Å². The minimum Gasteiger partial charge on any atom is -0.308 e. The maximum absolute atomic E-state index is 4.67. The van der Waals surface area contributed by atoms with Crippen LogP contribution in [-0.2, 0) is 5.54 Å². The van der Waals surface area contributed by atoms with Crippen LogP contribution in [0.15, 0.2) is 24.3 Å². The maximum Gasteiger partial charge on any atom is 0.114 e. The van der Waals surface area contributed by atoms with Gasteiger partial charge in [0.2, 0.25) is 0 Å². The molecule has 0 radical (unpaired) electrons. The highest BCUT2D eigenvalue weighted by Gasteiger charge is 2.45. The van der Waals surface area contributed by atoms with Crippen molar-refractivity contribution in [3.8, 4) is 0 Å². The van der Waals surface area contributed by atoms with Crippen LogP contribution in [0.5, 0.6) is 0 Å². The minimum atomic E-state index is 0.212. The Morgan fingerprint density at radius 3 is 2.79 bits per heavy atom. The third kappa shape index (κ3) is 1.09. The molecule has 0 atom stereocenters. The summed E-state index contributed by atoms with van der Waals surface area (Å²) in [7, 11) is 2.03. The zero-order valence-corrected chi connectivity index (χ0v) is 8.90. The first-order chi connectivity index (χ1) is 6.84. The lowest BCUT2D eigenvalue weighted by Crippen LogP contribution is -2.24. The molecule has 2 aromatic rings. The molecular weight excluding hydrogens is 192 g/mol. The van der Waals surface area contributed by atoms with Gasteiger partial charge in [0.05, 0.1) is 15.8 Å². The van der Waals surface area contributed by atoms with Gasteiger partial charge < -0.3 is 5.32 Å². The van der Waals surface area contributed by atoms with Crippen LogP contribution in [0.25, 0.3) is 10.2 Å². The Bertz CT molecular complexity index is 438. The van der Waals surface area contributed by atoms with Crippen molar-refractivity contribution < 1.29 is 0 Å². The lowest BCUT2D eigenvalue weighted by molar-refractivity contribution is 0.583. The number of para-hydroxylation sites is 1. The van der Waals surface area contributed by atoms with Gasteiger partial charge in [0.15, 0.2) is 0 Å². The van der Waals surface area contributed by atoms with Gasteiger partial charge in [-0.05, 0) is 32.0 Å². The molecule has 1 aromatic carbocycles. The van der Waals surface area contributed by atoms with Gasteiger partial charge in [0, 0.05) is 0 Å². The van der Waals surface area contributed by atoms with E-state index in [9.17, 15) is 0 Å². The summed E-state index contributed by atoms with van der Waals surface area (Å²) in [4.78, 5) is 4.67. The summed E-state index contributed by atoms with van der Waals surface area (Å²) in [5.41, 5.74) is 1.35. The molecule has 2 nitrogen and oxygen atoms in total. The molecule has 0 amide bonds. The van der Waals surface area contributed by atoms with Crippen LogP contribution in [0.3, 0.4) is 0 Å². The maximum atomic E-state index is 4.67. The SMILES string of the molecule is CNC1(c2nc3ccccc3s2)CC1. The summed E-state index contributed by atoms with van der Waals surface area (Å²) >= 11 is 1.82. The molecule has 1 fully saturated rings. The second kappa shape index (κ2) is 2.78.